The predicted octanol–water partition coefficient (Wildman–Crippen LogP) is 2.41. The lowest BCUT2D eigenvalue weighted by Gasteiger charge is -2.12. The molecule has 0 aromatic heterocycles. The van der Waals surface area contributed by atoms with Crippen LogP contribution in [-0.4, -0.2) is 25.1 Å². The number of hydrogen-bond donors (Lipinski definition) is 2. The third-order valence-corrected chi connectivity index (χ3v) is 2.65. The van der Waals surface area contributed by atoms with Gasteiger partial charge in [0.15, 0.2) is 0 Å². The van der Waals surface area contributed by atoms with Gasteiger partial charge in [0.2, 0.25) is 5.91 Å². The second-order valence-electron chi connectivity index (χ2n) is 4.20. The van der Waals surface area contributed by atoms with Crippen molar-refractivity contribution in [3.63, 3.8) is 0 Å². The number of amides is 1. The molecule has 1 atom stereocenters. The summed E-state index contributed by atoms with van der Waals surface area (Å²) < 4.78 is 5.38. The van der Waals surface area contributed by atoms with Crippen molar-refractivity contribution in [1.82, 2.24) is 5.32 Å². The summed E-state index contributed by atoms with van der Waals surface area (Å²) in [6.45, 7) is 7.02. The Labute approximate surface area is 109 Å². The average Bonchev–Trinajstić information content (AvgIpc) is 2.37. The fourth-order valence-corrected chi connectivity index (χ4v) is 1.45. The fourth-order valence-electron chi connectivity index (χ4n) is 1.45. The minimum atomic E-state index is -0.0380. The van der Waals surface area contributed by atoms with E-state index in [-0.39, 0.29) is 5.91 Å². The van der Waals surface area contributed by atoms with Crippen molar-refractivity contribution in [3.8, 4) is 5.75 Å². The predicted molar refractivity (Wildman–Crippen MR) is 74.0 cm³/mol. The van der Waals surface area contributed by atoms with Crippen molar-refractivity contribution in [2.45, 2.75) is 33.2 Å². The standard InChI is InChI=1S/C14H22N2O2/c1-4-11(3)15-10-14(17)16-12-7-6-8-13(9-12)18-5-2/h6-9,11,15H,4-5,10H2,1-3H3,(H,16,17). The first-order valence-electron chi connectivity index (χ1n) is 6.41. The van der Waals surface area contributed by atoms with E-state index in [0.29, 0.717) is 19.2 Å². The van der Waals surface area contributed by atoms with E-state index in [1.54, 1.807) is 0 Å². The highest BCUT2D eigenvalue weighted by atomic mass is 16.5. The topological polar surface area (TPSA) is 50.4 Å². The van der Waals surface area contributed by atoms with E-state index in [2.05, 4.69) is 24.5 Å². The molecule has 2 N–H and O–H groups in total. The van der Waals surface area contributed by atoms with Crippen molar-refractivity contribution < 1.29 is 9.53 Å². The van der Waals surface area contributed by atoms with Gasteiger partial charge in [-0.2, -0.15) is 0 Å². The van der Waals surface area contributed by atoms with Gasteiger partial charge in [-0.1, -0.05) is 13.0 Å². The number of anilines is 1. The molecule has 1 rings (SSSR count). The molecule has 4 heteroatoms. The van der Waals surface area contributed by atoms with Crippen LogP contribution in [0.5, 0.6) is 5.75 Å². The minimum absolute atomic E-state index is 0.0380. The Hall–Kier alpha value is -1.55. The van der Waals surface area contributed by atoms with Gasteiger partial charge in [-0.05, 0) is 32.4 Å². The SMILES string of the molecule is CCOc1cccc(NC(=O)CNC(C)CC)c1. The summed E-state index contributed by atoms with van der Waals surface area (Å²) in [5, 5.41) is 5.99. The molecule has 0 radical (unpaired) electrons. The van der Waals surface area contributed by atoms with Crippen LogP contribution < -0.4 is 15.4 Å². The highest BCUT2D eigenvalue weighted by Gasteiger charge is 2.05. The number of ether oxygens (including phenoxy) is 1. The fraction of sp³-hybridized carbons (Fsp3) is 0.500. The molecule has 1 aromatic rings. The summed E-state index contributed by atoms with van der Waals surface area (Å²) in [5.74, 6) is 0.731. The molecular formula is C14H22N2O2. The van der Waals surface area contributed by atoms with Gasteiger partial charge >= 0.3 is 0 Å². The number of rotatable bonds is 7. The van der Waals surface area contributed by atoms with E-state index in [9.17, 15) is 4.79 Å². The number of carbonyl (C=O) groups excluding carboxylic acids is 1. The lowest BCUT2D eigenvalue weighted by Crippen LogP contribution is -2.33. The van der Waals surface area contributed by atoms with Crippen LogP contribution in [0.15, 0.2) is 24.3 Å². The van der Waals surface area contributed by atoms with Crippen molar-refractivity contribution in [2.24, 2.45) is 0 Å². The van der Waals surface area contributed by atoms with E-state index < -0.39 is 0 Å². The van der Waals surface area contributed by atoms with Crippen molar-refractivity contribution in [2.75, 3.05) is 18.5 Å². The lowest BCUT2D eigenvalue weighted by molar-refractivity contribution is -0.115. The van der Waals surface area contributed by atoms with Crippen LogP contribution in [0.3, 0.4) is 0 Å². The van der Waals surface area contributed by atoms with Crippen LogP contribution in [0.4, 0.5) is 5.69 Å². The van der Waals surface area contributed by atoms with Crippen LogP contribution in [-0.2, 0) is 4.79 Å². The van der Waals surface area contributed by atoms with Crippen LogP contribution in [0, 0.1) is 0 Å². The smallest absolute Gasteiger partial charge is 0.238 e. The highest BCUT2D eigenvalue weighted by Crippen LogP contribution is 2.16. The summed E-state index contributed by atoms with van der Waals surface area (Å²) in [6, 6.07) is 7.76. The molecule has 0 saturated heterocycles. The van der Waals surface area contributed by atoms with Gasteiger partial charge in [0, 0.05) is 17.8 Å². The third-order valence-electron chi connectivity index (χ3n) is 2.65. The summed E-state index contributed by atoms with van der Waals surface area (Å²) in [4.78, 5) is 11.7. The van der Waals surface area contributed by atoms with Crippen LogP contribution in [0.1, 0.15) is 27.2 Å². The molecular weight excluding hydrogens is 228 g/mol. The third kappa shape index (κ3) is 5.19. The zero-order valence-corrected chi connectivity index (χ0v) is 11.3. The summed E-state index contributed by atoms with van der Waals surface area (Å²) in [6.07, 6.45) is 1.01. The first-order chi connectivity index (χ1) is 8.65. The molecule has 0 spiro atoms. The van der Waals surface area contributed by atoms with Gasteiger partial charge in [0.25, 0.3) is 0 Å². The summed E-state index contributed by atoms with van der Waals surface area (Å²) >= 11 is 0. The van der Waals surface area contributed by atoms with Gasteiger partial charge < -0.3 is 15.4 Å². The maximum Gasteiger partial charge on any atom is 0.238 e. The second-order valence-corrected chi connectivity index (χ2v) is 4.20. The van der Waals surface area contributed by atoms with Crippen molar-refractivity contribution in [1.29, 1.82) is 0 Å². The first kappa shape index (κ1) is 14.5. The molecule has 4 nitrogen and oxygen atoms in total. The van der Waals surface area contributed by atoms with Gasteiger partial charge in [-0.15, -0.1) is 0 Å². The maximum absolute atomic E-state index is 11.7. The zero-order chi connectivity index (χ0) is 13.4. The van der Waals surface area contributed by atoms with E-state index in [1.165, 1.54) is 0 Å². The molecule has 1 unspecified atom stereocenters. The van der Waals surface area contributed by atoms with E-state index in [0.717, 1.165) is 17.9 Å². The molecule has 0 saturated carbocycles. The van der Waals surface area contributed by atoms with E-state index in [1.807, 2.05) is 31.2 Å². The Bertz CT molecular complexity index is 380. The Morgan fingerprint density at radius 1 is 1.39 bits per heavy atom. The monoisotopic (exact) mass is 250 g/mol. The Kier molecular flexibility index (Phi) is 6.22. The molecule has 1 amide bonds. The number of benzene rings is 1. The Morgan fingerprint density at radius 2 is 2.17 bits per heavy atom. The van der Waals surface area contributed by atoms with Gasteiger partial charge in [0.1, 0.15) is 5.75 Å². The normalized spacial score (nSPS) is 11.9. The first-order valence-corrected chi connectivity index (χ1v) is 6.41. The van der Waals surface area contributed by atoms with Crippen LogP contribution in [0.2, 0.25) is 0 Å². The van der Waals surface area contributed by atoms with E-state index >= 15 is 0 Å². The van der Waals surface area contributed by atoms with Gasteiger partial charge in [-0.3, -0.25) is 4.79 Å². The molecule has 18 heavy (non-hydrogen) atoms. The largest absolute Gasteiger partial charge is 0.494 e. The highest BCUT2D eigenvalue weighted by molar-refractivity contribution is 5.92. The molecule has 100 valence electrons. The van der Waals surface area contributed by atoms with Crippen LogP contribution in [0.25, 0.3) is 0 Å². The van der Waals surface area contributed by atoms with Crippen molar-refractivity contribution >= 4 is 11.6 Å². The Morgan fingerprint density at radius 3 is 2.83 bits per heavy atom. The lowest BCUT2D eigenvalue weighted by atomic mass is 10.2. The van der Waals surface area contributed by atoms with Gasteiger partial charge in [0.05, 0.1) is 13.2 Å². The summed E-state index contributed by atoms with van der Waals surface area (Å²) in [7, 11) is 0. The quantitative estimate of drug-likeness (QED) is 0.781. The molecule has 0 heterocycles. The second kappa shape index (κ2) is 7.71. The zero-order valence-electron chi connectivity index (χ0n) is 11.3. The number of carbonyl (C=O) groups is 1. The molecule has 1 aromatic carbocycles. The molecule has 0 aliphatic heterocycles. The molecule has 0 fully saturated rings. The number of hydrogen-bond acceptors (Lipinski definition) is 3. The van der Waals surface area contributed by atoms with Gasteiger partial charge in [-0.25, -0.2) is 0 Å². The average molecular weight is 250 g/mol. The molecule has 0 aliphatic carbocycles. The minimum Gasteiger partial charge on any atom is -0.494 e. The molecule has 0 aliphatic rings. The van der Waals surface area contributed by atoms with Crippen molar-refractivity contribution in [3.05, 3.63) is 24.3 Å². The molecule has 0 bridgehead atoms. The summed E-state index contributed by atoms with van der Waals surface area (Å²) in [5.41, 5.74) is 0.761. The van der Waals surface area contributed by atoms with E-state index in [4.69, 9.17) is 4.74 Å². The Balaban J connectivity index is 2.46. The van der Waals surface area contributed by atoms with Crippen LogP contribution >= 0.6 is 0 Å². The maximum atomic E-state index is 11.7. The number of nitrogens with one attached hydrogen (secondary N) is 2.